The molecule has 5 aromatic rings. The molecular formula is C28H27N5O2S. The quantitative estimate of drug-likeness (QED) is 0.238. The predicted octanol–water partition coefficient (Wildman–Crippen LogP) is 5.72. The first-order chi connectivity index (χ1) is 17.6. The molecule has 3 heterocycles. The van der Waals surface area contributed by atoms with Crippen molar-refractivity contribution in [2.45, 2.75) is 43.8 Å². The van der Waals surface area contributed by atoms with Gasteiger partial charge in [-0.3, -0.25) is 4.79 Å². The van der Waals surface area contributed by atoms with Gasteiger partial charge in [-0.05, 0) is 68.2 Å². The Balaban J connectivity index is 1.17. The maximum Gasteiger partial charge on any atom is 0.230 e. The smallest absolute Gasteiger partial charge is 0.230 e. The number of carbonyl (C=O) groups is 1. The first-order valence-electron chi connectivity index (χ1n) is 12.7. The standard InChI is InChI=1S/C28H27N5O2S/c1-16(21-13-17-10-11-18(21)12-17)29-25(34)15-36-28-30-22-8-4-3-7-20(22)27-31-26(32-33(27)28)24-14-19-6-2-5-9-23(19)35-24/h2-9,14,16-18,21H,10-13,15H2,1H3,(H,29,34)/t16-,17+,18+,21+/m1/s1. The minimum absolute atomic E-state index is 0.0380. The fraction of sp³-hybridized carbons (Fsp3) is 0.357. The molecule has 2 aliphatic rings. The van der Waals surface area contributed by atoms with E-state index >= 15 is 0 Å². The topological polar surface area (TPSA) is 85.3 Å². The van der Waals surface area contributed by atoms with Gasteiger partial charge in [0.05, 0.1) is 11.3 Å². The molecule has 7 rings (SSSR count). The second-order valence-electron chi connectivity index (χ2n) is 10.2. The third-order valence-corrected chi connectivity index (χ3v) is 8.88. The van der Waals surface area contributed by atoms with E-state index in [0.29, 0.717) is 28.3 Å². The number of hydrogen-bond donors (Lipinski definition) is 1. The number of nitrogens with one attached hydrogen (secondary N) is 1. The van der Waals surface area contributed by atoms with E-state index in [-0.39, 0.29) is 17.7 Å². The van der Waals surface area contributed by atoms with Gasteiger partial charge in [-0.25, -0.2) is 9.97 Å². The summed E-state index contributed by atoms with van der Waals surface area (Å²) in [5.41, 5.74) is 2.33. The fourth-order valence-corrected chi connectivity index (χ4v) is 7.02. The molecule has 4 atom stereocenters. The monoisotopic (exact) mass is 497 g/mol. The van der Waals surface area contributed by atoms with Crippen molar-refractivity contribution in [2.75, 3.05) is 5.75 Å². The fourth-order valence-electron chi connectivity index (χ4n) is 6.26. The predicted molar refractivity (Wildman–Crippen MR) is 141 cm³/mol. The number of benzene rings is 2. The molecule has 182 valence electrons. The Morgan fingerprint density at radius 3 is 2.83 bits per heavy atom. The SMILES string of the molecule is C[C@@H](NC(=O)CSc1nc2ccccc2c2nc(-c3cc4ccccc4o3)nn12)[C@@H]1C[C@H]2CC[C@H]1C2. The van der Waals surface area contributed by atoms with Crippen LogP contribution in [0.1, 0.15) is 32.6 Å². The highest BCUT2D eigenvalue weighted by molar-refractivity contribution is 7.99. The molecule has 36 heavy (non-hydrogen) atoms. The lowest BCUT2D eigenvalue weighted by Gasteiger charge is -2.28. The van der Waals surface area contributed by atoms with Gasteiger partial charge >= 0.3 is 0 Å². The molecule has 0 aliphatic heterocycles. The van der Waals surface area contributed by atoms with Crippen molar-refractivity contribution >= 4 is 45.2 Å². The Hall–Kier alpha value is -3.39. The van der Waals surface area contributed by atoms with Crippen molar-refractivity contribution in [1.82, 2.24) is 24.9 Å². The summed E-state index contributed by atoms with van der Waals surface area (Å²) < 4.78 is 7.76. The van der Waals surface area contributed by atoms with Gasteiger partial charge in [0.1, 0.15) is 5.58 Å². The number of hydrogen-bond acceptors (Lipinski definition) is 6. The molecule has 0 saturated heterocycles. The number of nitrogens with zero attached hydrogens (tertiary/aromatic N) is 4. The van der Waals surface area contributed by atoms with Crippen LogP contribution in [0.15, 0.2) is 64.2 Å². The van der Waals surface area contributed by atoms with Crippen molar-refractivity contribution in [3.8, 4) is 11.6 Å². The van der Waals surface area contributed by atoms with Gasteiger partial charge in [0.25, 0.3) is 0 Å². The van der Waals surface area contributed by atoms with Gasteiger partial charge in [-0.2, -0.15) is 4.52 Å². The van der Waals surface area contributed by atoms with Crippen LogP contribution in [0.4, 0.5) is 0 Å². The van der Waals surface area contributed by atoms with Gasteiger partial charge in [-0.15, -0.1) is 5.10 Å². The molecule has 7 nitrogen and oxygen atoms in total. The molecule has 8 heteroatoms. The van der Waals surface area contributed by atoms with E-state index in [1.54, 1.807) is 4.52 Å². The van der Waals surface area contributed by atoms with Crippen LogP contribution in [0.3, 0.4) is 0 Å². The maximum atomic E-state index is 12.9. The number of carbonyl (C=O) groups excluding carboxylic acids is 1. The molecule has 3 aromatic heterocycles. The lowest BCUT2D eigenvalue weighted by atomic mass is 9.84. The largest absolute Gasteiger partial charge is 0.453 e. The molecule has 0 spiro atoms. The minimum Gasteiger partial charge on any atom is -0.453 e. The van der Waals surface area contributed by atoms with Gasteiger partial charge in [0.15, 0.2) is 16.6 Å². The number of thioether (sulfide) groups is 1. The number of aromatic nitrogens is 4. The number of furan rings is 1. The average Bonchev–Trinajstić information content (AvgIpc) is 3.69. The Bertz CT molecular complexity index is 1570. The third kappa shape index (κ3) is 3.75. The van der Waals surface area contributed by atoms with Crippen LogP contribution < -0.4 is 5.32 Å². The Morgan fingerprint density at radius 2 is 2.00 bits per heavy atom. The Labute approximate surface area is 212 Å². The van der Waals surface area contributed by atoms with E-state index in [1.165, 1.54) is 37.4 Å². The van der Waals surface area contributed by atoms with E-state index in [0.717, 1.165) is 33.7 Å². The Kier molecular flexibility index (Phi) is 5.23. The molecule has 2 bridgehead atoms. The third-order valence-electron chi connectivity index (χ3n) is 7.95. The zero-order valence-electron chi connectivity index (χ0n) is 20.1. The number of amides is 1. The summed E-state index contributed by atoms with van der Waals surface area (Å²) in [7, 11) is 0. The first kappa shape index (κ1) is 21.9. The molecule has 2 saturated carbocycles. The highest BCUT2D eigenvalue weighted by Crippen LogP contribution is 2.49. The molecule has 2 aliphatic carbocycles. The summed E-state index contributed by atoms with van der Waals surface area (Å²) in [5, 5.41) is 10.6. The van der Waals surface area contributed by atoms with Crippen molar-refractivity contribution < 1.29 is 9.21 Å². The zero-order chi connectivity index (χ0) is 24.2. The average molecular weight is 498 g/mol. The molecule has 1 N–H and O–H groups in total. The lowest BCUT2D eigenvalue weighted by molar-refractivity contribution is -0.119. The molecule has 1 amide bonds. The van der Waals surface area contributed by atoms with Gasteiger partial charge in [0.2, 0.25) is 11.7 Å². The summed E-state index contributed by atoms with van der Waals surface area (Å²) in [6.07, 6.45) is 5.30. The Morgan fingerprint density at radius 1 is 1.14 bits per heavy atom. The van der Waals surface area contributed by atoms with Crippen LogP contribution >= 0.6 is 11.8 Å². The van der Waals surface area contributed by atoms with E-state index < -0.39 is 0 Å². The van der Waals surface area contributed by atoms with Crippen molar-refractivity contribution in [3.05, 3.63) is 54.6 Å². The molecule has 2 fully saturated rings. The van der Waals surface area contributed by atoms with E-state index in [1.807, 2.05) is 54.6 Å². The van der Waals surface area contributed by atoms with E-state index in [9.17, 15) is 4.79 Å². The van der Waals surface area contributed by atoms with Crippen molar-refractivity contribution in [1.29, 1.82) is 0 Å². The first-order valence-corrected chi connectivity index (χ1v) is 13.7. The molecule has 0 radical (unpaired) electrons. The van der Waals surface area contributed by atoms with Crippen LogP contribution in [0, 0.1) is 17.8 Å². The molecule has 2 aromatic carbocycles. The normalized spacial score (nSPS) is 22.1. The molecule has 0 unspecified atom stereocenters. The maximum absolute atomic E-state index is 12.9. The van der Waals surface area contributed by atoms with Crippen LogP contribution in [0.25, 0.3) is 39.1 Å². The van der Waals surface area contributed by atoms with Crippen LogP contribution in [-0.2, 0) is 4.79 Å². The summed E-state index contributed by atoms with van der Waals surface area (Å²) >= 11 is 1.39. The van der Waals surface area contributed by atoms with E-state index in [2.05, 4.69) is 12.2 Å². The van der Waals surface area contributed by atoms with E-state index in [4.69, 9.17) is 19.5 Å². The van der Waals surface area contributed by atoms with Crippen LogP contribution in [0.2, 0.25) is 0 Å². The van der Waals surface area contributed by atoms with Gasteiger partial charge in [-0.1, -0.05) is 48.5 Å². The van der Waals surface area contributed by atoms with Crippen molar-refractivity contribution in [2.24, 2.45) is 17.8 Å². The summed E-state index contributed by atoms with van der Waals surface area (Å²) in [5.74, 6) is 3.70. The summed E-state index contributed by atoms with van der Waals surface area (Å²) in [6, 6.07) is 17.9. The second-order valence-corrected chi connectivity index (χ2v) is 11.2. The van der Waals surface area contributed by atoms with Gasteiger partial charge < -0.3 is 9.73 Å². The number of fused-ring (bicyclic) bond motifs is 6. The highest BCUT2D eigenvalue weighted by atomic mass is 32.2. The summed E-state index contributed by atoms with van der Waals surface area (Å²) in [6.45, 7) is 2.16. The number of rotatable bonds is 6. The lowest BCUT2D eigenvalue weighted by Crippen LogP contribution is -2.40. The van der Waals surface area contributed by atoms with Gasteiger partial charge in [0, 0.05) is 16.8 Å². The summed E-state index contributed by atoms with van der Waals surface area (Å²) in [4.78, 5) is 22.5. The second kappa shape index (κ2) is 8.62. The van der Waals surface area contributed by atoms with Crippen molar-refractivity contribution in [3.63, 3.8) is 0 Å². The zero-order valence-corrected chi connectivity index (χ0v) is 20.9. The minimum atomic E-state index is 0.0380. The van der Waals surface area contributed by atoms with Crippen LogP contribution in [-0.4, -0.2) is 37.3 Å². The number of para-hydroxylation sites is 2. The van der Waals surface area contributed by atoms with Crippen LogP contribution in [0.5, 0.6) is 0 Å². The molecular weight excluding hydrogens is 470 g/mol. The highest BCUT2D eigenvalue weighted by Gasteiger charge is 2.42.